The molecule has 1 saturated heterocycles. The summed E-state index contributed by atoms with van der Waals surface area (Å²) in [5, 5.41) is 1.70. The molecule has 9 nitrogen and oxygen atoms in total. The van der Waals surface area contributed by atoms with Crippen LogP contribution in [0.1, 0.15) is 19.8 Å². The van der Waals surface area contributed by atoms with Crippen molar-refractivity contribution in [3.8, 4) is 5.75 Å². The summed E-state index contributed by atoms with van der Waals surface area (Å²) in [6.45, 7) is 2.17. The van der Waals surface area contributed by atoms with Crippen molar-refractivity contribution in [1.82, 2.24) is 14.3 Å². The van der Waals surface area contributed by atoms with E-state index in [0.29, 0.717) is 31.7 Å². The van der Waals surface area contributed by atoms with E-state index in [0.717, 1.165) is 11.3 Å². The van der Waals surface area contributed by atoms with Crippen LogP contribution < -0.4 is 14.2 Å². The van der Waals surface area contributed by atoms with Crippen molar-refractivity contribution < 1.29 is 26.4 Å². The molecule has 0 unspecified atom stereocenters. The van der Waals surface area contributed by atoms with Gasteiger partial charge in [0.05, 0.1) is 18.0 Å². The molecule has 1 aromatic carbocycles. The minimum absolute atomic E-state index is 0.0367. The summed E-state index contributed by atoms with van der Waals surface area (Å²) in [7, 11) is -5.95. The predicted molar refractivity (Wildman–Crippen MR) is 117 cm³/mol. The van der Waals surface area contributed by atoms with E-state index in [9.17, 15) is 21.6 Å². The van der Waals surface area contributed by atoms with Gasteiger partial charge in [0.2, 0.25) is 26.0 Å². The van der Waals surface area contributed by atoms with Crippen LogP contribution in [-0.2, 0) is 24.8 Å². The molecule has 0 spiro atoms. The number of hydrogen-bond acceptors (Lipinski definition) is 7. The number of sulfonamides is 2. The lowest BCUT2D eigenvalue weighted by Gasteiger charge is -2.33. The summed E-state index contributed by atoms with van der Waals surface area (Å²) < 4.78 is 60.2. The van der Waals surface area contributed by atoms with Crippen LogP contribution in [0.4, 0.5) is 0 Å². The Morgan fingerprint density at radius 3 is 2.29 bits per heavy atom. The van der Waals surface area contributed by atoms with Crippen molar-refractivity contribution in [1.29, 1.82) is 0 Å². The van der Waals surface area contributed by atoms with Gasteiger partial charge in [0.25, 0.3) is 0 Å². The Balaban J connectivity index is 1.55. The van der Waals surface area contributed by atoms with Gasteiger partial charge in [-0.15, -0.1) is 11.3 Å². The second-order valence-corrected chi connectivity index (χ2v) is 11.8. The molecular formula is C19H25N3O6S3. The summed E-state index contributed by atoms with van der Waals surface area (Å²) in [5.41, 5.74) is 0. The average molecular weight is 488 g/mol. The van der Waals surface area contributed by atoms with Crippen molar-refractivity contribution in [3.05, 3.63) is 41.8 Å². The number of nitrogens with one attached hydrogen (secondary N) is 2. The fourth-order valence-corrected chi connectivity index (χ4v) is 6.80. The van der Waals surface area contributed by atoms with Crippen LogP contribution in [0.2, 0.25) is 0 Å². The van der Waals surface area contributed by atoms with Crippen LogP contribution in [0, 0.1) is 0 Å². The first kappa shape index (κ1) is 23.7. The van der Waals surface area contributed by atoms with Gasteiger partial charge in [0.1, 0.15) is 9.96 Å². The first-order valence-corrected chi connectivity index (χ1v) is 13.5. The maximum atomic E-state index is 12.7. The number of rotatable bonds is 8. The fourth-order valence-electron chi connectivity index (χ4n) is 3.29. The Morgan fingerprint density at radius 1 is 1.10 bits per heavy atom. The van der Waals surface area contributed by atoms with Crippen LogP contribution >= 0.6 is 11.3 Å². The van der Waals surface area contributed by atoms with Crippen molar-refractivity contribution in [2.24, 2.45) is 0 Å². The number of likely N-dealkylation sites (tertiary alicyclic amines) is 1. The van der Waals surface area contributed by atoms with E-state index in [1.54, 1.807) is 22.4 Å². The number of nitrogens with zero attached hydrogens (tertiary/aromatic N) is 1. The molecule has 1 amide bonds. The second-order valence-electron chi connectivity index (χ2n) is 7.17. The van der Waals surface area contributed by atoms with E-state index in [1.807, 2.05) is 0 Å². The number of ether oxygens (including phenoxy) is 1. The molecule has 31 heavy (non-hydrogen) atoms. The van der Waals surface area contributed by atoms with Gasteiger partial charge in [-0.05, 0) is 55.5 Å². The Bertz CT molecular complexity index is 1090. The quantitative estimate of drug-likeness (QED) is 0.580. The van der Waals surface area contributed by atoms with Gasteiger partial charge in [-0.1, -0.05) is 6.07 Å². The number of hydrogen-bond donors (Lipinski definition) is 2. The molecule has 0 aliphatic carbocycles. The lowest BCUT2D eigenvalue weighted by atomic mass is 10.1. The molecule has 2 heterocycles. The summed E-state index contributed by atoms with van der Waals surface area (Å²) in [6.07, 6.45) is 0.905. The maximum absolute atomic E-state index is 12.7. The largest absolute Gasteiger partial charge is 0.497 e. The minimum Gasteiger partial charge on any atom is -0.497 e. The number of carbonyl (C=O) groups excluding carboxylic acids is 1. The molecule has 1 aliphatic heterocycles. The molecule has 0 bridgehead atoms. The fraction of sp³-hybridized carbons (Fsp3) is 0.421. The molecular weight excluding hydrogens is 462 g/mol. The van der Waals surface area contributed by atoms with Crippen molar-refractivity contribution in [2.75, 3.05) is 20.2 Å². The van der Waals surface area contributed by atoms with E-state index in [-0.39, 0.29) is 21.1 Å². The van der Waals surface area contributed by atoms with Gasteiger partial charge in [0.15, 0.2) is 0 Å². The number of benzene rings is 1. The summed E-state index contributed by atoms with van der Waals surface area (Å²) in [5.74, 6) is 0.178. The van der Waals surface area contributed by atoms with Gasteiger partial charge in [0, 0.05) is 19.1 Å². The van der Waals surface area contributed by atoms with Gasteiger partial charge >= 0.3 is 0 Å². The van der Waals surface area contributed by atoms with Crippen molar-refractivity contribution in [3.63, 3.8) is 0 Å². The van der Waals surface area contributed by atoms with Crippen LogP contribution in [-0.4, -0.2) is 59.9 Å². The zero-order valence-electron chi connectivity index (χ0n) is 17.1. The molecule has 2 N–H and O–H groups in total. The molecule has 1 fully saturated rings. The highest BCUT2D eigenvalue weighted by Crippen LogP contribution is 2.20. The van der Waals surface area contributed by atoms with Crippen molar-refractivity contribution >= 4 is 37.3 Å². The van der Waals surface area contributed by atoms with Crippen molar-refractivity contribution in [2.45, 2.75) is 41.0 Å². The molecule has 170 valence electrons. The first-order valence-electron chi connectivity index (χ1n) is 9.63. The molecule has 0 saturated carbocycles. The number of thiophene rings is 1. The summed E-state index contributed by atoms with van der Waals surface area (Å²) >= 11 is 1.15. The molecule has 2 aromatic rings. The van der Waals surface area contributed by atoms with Crippen LogP contribution in [0.15, 0.2) is 50.9 Å². The van der Waals surface area contributed by atoms with E-state index >= 15 is 0 Å². The Labute approximate surface area is 186 Å². The monoisotopic (exact) mass is 487 g/mol. The van der Waals surface area contributed by atoms with E-state index in [1.165, 1.54) is 38.3 Å². The topological polar surface area (TPSA) is 122 Å². The Morgan fingerprint density at radius 2 is 1.74 bits per heavy atom. The van der Waals surface area contributed by atoms with Gasteiger partial charge < -0.3 is 9.64 Å². The first-order chi connectivity index (χ1) is 14.6. The molecule has 12 heteroatoms. The highest BCUT2D eigenvalue weighted by molar-refractivity contribution is 7.91. The zero-order chi connectivity index (χ0) is 22.6. The Kier molecular flexibility index (Phi) is 7.37. The van der Waals surface area contributed by atoms with E-state index < -0.39 is 26.1 Å². The maximum Gasteiger partial charge on any atom is 0.250 e. The molecule has 1 aromatic heterocycles. The molecule has 3 rings (SSSR count). The van der Waals surface area contributed by atoms with Gasteiger partial charge in [-0.3, -0.25) is 4.79 Å². The molecule has 1 aliphatic rings. The van der Waals surface area contributed by atoms with Crippen LogP contribution in [0.3, 0.4) is 0 Å². The number of piperidine rings is 1. The van der Waals surface area contributed by atoms with Gasteiger partial charge in [-0.25, -0.2) is 21.6 Å². The minimum atomic E-state index is -3.87. The number of carbonyl (C=O) groups is 1. The van der Waals surface area contributed by atoms with Gasteiger partial charge in [-0.2, -0.15) is 4.72 Å². The lowest BCUT2D eigenvalue weighted by Crippen LogP contribution is -2.52. The smallest absolute Gasteiger partial charge is 0.250 e. The summed E-state index contributed by atoms with van der Waals surface area (Å²) in [6, 6.07) is 7.87. The summed E-state index contributed by atoms with van der Waals surface area (Å²) in [4.78, 5) is 14.3. The average Bonchev–Trinajstić information content (AvgIpc) is 3.29. The lowest BCUT2D eigenvalue weighted by molar-refractivity contribution is -0.133. The molecule has 0 radical (unpaired) electrons. The van der Waals surface area contributed by atoms with Crippen LogP contribution in [0.5, 0.6) is 5.75 Å². The van der Waals surface area contributed by atoms with E-state index in [4.69, 9.17) is 4.74 Å². The SMILES string of the molecule is COc1ccc(S(=O)(=O)N[C@@H](C)C(=O)N2CCC(NS(=O)(=O)c3cccs3)CC2)cc1. The number of methoxy groups -OCH3 is 1. The zero-order valence-corrected chi connectivity index (χ0v) is 19.6. The predicted octanol–water partition coefficient (Wildman–Crippen LogP) is 1.39. The second kappa shape index (κ2) is 9.65. The number of amides is 1. The normalized spacial score (nSPS) is 16.8. The molecule has 1 atom stereocenters. The third-order valence-corrected chi connectivity index (χ3v) is 9.44. The van der Waals surface area contributed by atoms with Crippen LogP contribution in [0.25, 0.3) is 0 Å². The van der Waals surface area contributed by atoms with E-state index in [2.05, 4.69) is 9.44 Å². The third-order valence-electron chi connectivity index (χ3n) is 4.96. The standard InChI is InChI=1S/C19H25N3O6S3/c1-14(20-30(24,25)17-7-5-16(28-2)6-8-17)19(23)22-11-9-15(10-12-22)21-31(26,27)18-4-3-13-29-18/h3-8,13-15,20-21H,9-12H2,1-2H3/t14-/m0/s1. The Hall–Kier alpha value is -1.99. The highest BCUT2D eigenvalue weighted by atomic mass is 32.2. The highest BCUT2D eigenvalue weighted by Gasteiger charge is 2.30. The third kappa shape index (κ3) is 5.83.